The molecule has 0 aromatic carbocycles. The minimum Gasteiger partial charge on any atom is -0.0991 e. The molecular weight excluding hydrogens is 144 g/mol. The average molecular weight is 168 g/mol. The van der Waals surface area contributed by atoms with Crippen LogP contribution in [0.1, 0.15) is 41.0 Å². The number of rotatable bonds is 3. The second kappa shape index (κ2) is 22.5. The fraction of sp³-hybridized carbons (Fsp3) is 0.500. The lowest BCUT2D eigenvalue weighted by Crippen LogP contribution is -1.65. The normalized spacial score (nSPS) is 7.42. The van der Waals surface area contributed by atoms with Crippen LogP contribution in [0, 0.1) is 0 Å². The summed E-state index contributed by atoms with van der Waals surface area (Å²) in [5, 5.41) is 0. The Balaban J connectivity index is -0.000000175. The molecule has 0 radical (unpaired) electrons. The van der Waals surface area contributed by atoms with Crippen molar-refractivity contribution in [2.24, 2.45) is 0 Å². The smallest absolute Gasteiger partial charge is 0.0313 e. The maximum atomic E-state index is 3.78. The maximum absolute atomic E-state index is 3.78. The lowest BCUT2D eigenvalue weighted by atomic mass is 10.2. The van der Waals surface area contributed by atoms with Crippen molar-refractivity contribution < 1.29 is 0 Å². The molecule has 0 aliphatic carbocycles. The lowest BCUT2D eigenvalue weighted by Gasteiger charge is -1.86. The first-order valence-electron chi connectivity index (χ1n) is 4.78. The molecule has 0 fully saturated rings. The van der Waals surface area contributed by atoms with Crippen LogP contribution in [-0.2, 0) is 0 Å². The van der Waals surface area contributed by atoms with Crippen molar-refractivity contribution in [3.05, 3.63) is 37.0 Å². The molecule has 12 heavy (non-hydrogen) atoms. The first-order valence-corrected chi connectivity index (χ1v) is 4.78. The second-order valence-corrected chi connectivity index (χ2v) is 1.61. The van der Waals surface area contributed by atoms with Crippen LogP contribution in [0.4, 0.5) is 0 Å². The van der Waals surface area contributed by atoms with Crippen LogP contribution >= 0.6 is 0 Å². The number of hydrogen-bond acceptors (Lipinski definition) is 0. The molecule has 0 aromatic heterocycles. The molecule has 0 aromatic rings. The van der Waals surface area contributed by atoms with Crippen molar-refractivity contribution in [3.8, 4) is 0 Å². The summed E-state index contributed by atoms with van der Waals surface area (Å²) in [7, 11) is 0. The van der Waals surface area contributed by atoms with Gasteiger partial charge < -0.3 is 0 Å². The van der Waals surface area contributed by atoms with Crippen molar-refractivity contribution in [2.75, 3.05) is 0 Å². The van der Waals surface area contributed by atoms with E-state index in [0.717, 1.165) is 12.0 Å². The summed E-state index contributed by atoms with van der Waals surface area (Å²) >= 11 is 0. The molecule has 0 aliphatic heterocycles. The standard InChI is InChI=1S/C8H12.2C2H6/c1-4-6-7-8(3)5-2;2*1-2/h4,6-7H,1,3,5H2,2H3;2*1-2H3/b7-6-;;. The van der Waals surface area contributed by atoms with Gasteiger partial charge in [-0.3, -0.25) is 0 Å². The third-order valence-electron chi connectivity index (χ3n) is 0.922. The molecule has 0 unspecified atom stereocenters. The third kappa shape index (κ3) is 22.9. The van der Waals surface area contributed by atoms with E-state index in [1.54, 1.807) is 6.08 Å². The Bertz CT molecular complexity index is 107. The Labute approximate surface area is 78.7 Å². The topological polar surface area (TPSA) is 0 Å². The van der Waals surface area contributed by atoms with E-state index >= 15 is 0 Å². The zero-order chi connectivity index (χ0) is 10.4. The molecule has 0 aliphatic rings. The monoisotopic (exact) mass is 168 g/mol. The minimum absolute atomic E-state index is 1.02. The van der Waals surface area contributed by atoms with Crippen molar-refractivity contribution >= 4 is 0 Å². The van der Waals surface area contributed by atoms with Gasteiger partial charge in [-0.15, -0.1) is 0 Å². The van der Waals surface area contributed by atoms with Crippen LogP contribution in [0.25, 0.3) is 0 Å². The Morgan fingerprint density at radius 2 is 1.58 bits per heavy atom. The molecule has 0 N–H and O–H groups in total. The van der Waals surface area contributed by atoms with E-state index in [0.29, 0.717) is 0 Å². The zero-order valence-electron chi connectivity index (χ0n) is 9.35. The molecule has 72 valence electrons. The molecule has 0 atom stereocenters. The average Bonchev–Trinajstić information content (AvgIpc) is 2.20. The van der Waals surface area contributed by atoms with Gasteiger partial charge in [0.1, 0.15) is 0 Å². The summed E-state index contributed by atoms with van der Waals surface area (Å²) in [6.45, 7) is 17.4. The van der Waals surface area contributed by atoms with Crippen LogP contribution in [0.3, 0.4) is 0 Å². The SMILES string of the molecule is C=C/C=C\C(=C)CC.CC.CC. The quantitative estimate of drug-likeness (QED) is 0.534. The summed E-state index contributed by atoms with van der Waals surface area (Å²) in [6, 6.07) is 0. The highest BCUT2D eigenvalue weighted by Gasteiger charge is 1.75. The van der Waals surface area contributed by atoms with Gasteiger partial charge in [-0.2, -0.15) is 0 Å². The van der Waals surface area contributed by atoms with E-state index in [2.05, 4.69) is 20.1 Å². The molecule has 0 heterocycles. The number of hydrogen-bond donors (Lipinski definition) is 0. The van der Waals surface area contributed by atoms with Gasteiger partial charge in [-0.25, -0.2) is 0 Å². The minimum atomic E-state index is 1.02. The fourth-order valence-corrected chi connectivity index (χ4v) is 0.322. The highest BCUT2D eigenvalue weighted by atomic mass is 13.8. The van der Waals surface area contributed by atoms with Gasteiger partial charge in [0.15, 0.2) is 0 Å². The summed E-state index contributed by atoms with van der Waals surface area (Å²) in [5.74, 6) is 0. The largest absolute Gasteiger partial charge is 0.0991 e. The molecule has 0 rings (SSSR count). The van der Waals surface area contributed by atoms with Crippen molar-refractivity contribution in [1.82, 2.24) is 0 Å². The third-order valence-corrected chi connectivity index (χ3v) is 0.922. The van der Waals surface area contributed by atoms with Crippen LogP contribution < -0.4 is 0 Å². The first kappa shape index (κ1) is 17.3. The molecule has 0 nitrogen and oxygen atoms in total. The van der Waals surface area contributed by atoms with Crippen molar-refractivity contribution in [1.29, 1.82) is 0 Å². The highest BCUT2D eigenvalue weighted by molar-refractivity contribution is 5.17. The van der Waals surface area contributed by atoms with E-state index in [4.69, 9.17) is 0 Å². The molecule has 0 amide bonds. The Hall–Kier alpha value is -0.780. The van der Waals surface area contributed by atoms with Crippen LogP contribution in [0.15, 0.2) is 37.0 Å². The predicted molar refractivity (Wildman–Crippen MR) is 61.5 cm³/mol. The van der Waals surface area contributed by atoms with Gasteiger partial charge in [0.2, 0.25) is 0 Å². The Morgan fingerprint density at radius 3 is 1.83 bits per heavy atom. The van der Waals surface area contributed by atoms with Gasteiger partial charge in [0.05, 0.1) is 0 Å². The van der Waals surface area contributed by atoms with E-state index in [1.165, 1.54) is 0 Å². The molecule has 0 saturated carbocycles. The van der Waals surface area contributed by atoms with Crippen molar-refractivity contribution in [3.63, 3.8) is 0 Å². The molecule has 0 spiro atoms. The summed E-state index contributed by atoms with van der Waals surface area (Å²) in [6.07, 6.45) is 6.63. The van der Waals surface area contributed by atoms with Gasteiger partial charge >= 0.3 is 0 Å². The summed E-state index contributed by atoms with van der Waals surface area (Å²) < 4.78 is 0. The van der Waals surface area contributed by atoms with E-state index in [9.17, 15) is 0 Å². The molecular formula is C12H24. The van der Waals surface area contributed by atoms with Gasteiger partial charge in [-0.05, 0) is 6.42 Å². The van der Waals surface area contributed by atoms with Gasteiger partial charge in [-0.1, -0.05) is 71.6 Å². The molecule has 0 heteroatoms. The predicted octanol–water partition coefficient (Wildman–Crippen LogP) is 4.75. The van der Waals surface area contributed by atoms with E-state index in [-0.39, 0.29) is 0 Å². The van der Waals surface area contributed by atoms with E-state index in [1.807, 2.05) is 39.8 Å². The highest BCUT2D eigenvalue weighted by Crippen LogP contribution is 1.96. The lowest BCUT2D eigenvalue weighted by molar-refractivity contribution is 1.16. The Kier molecular flexibility index (Phi) is 32.5. The van der Waals surface area contributed by atoms with Gasteiger partial charge in [0, 0.05) is 0 Å². The van der Waals surface area contributed by atoms with Crippen LogP contribution in [0.5, 0.6) is 0 Å². The first-order chi connectivity index (χ1) is 5.81. The molecule has 0 bridgehead atoms. The summed E-state index contributed by atoms with van der Waals surface area (Å²) in [4.78, 5) is 0. The van der Waals surface area contributed by atoms with Gasteiger partial charge in [0.25, 0.3) is 0 Å². The zero-order valence-corrected chi connectivity index (χ0v) is 9.35. The summed E-state index contributed by atoms with van der Waals surface area (Å²) in [5.41, 5.74) is 1.14. The van der Waals surface area contributed by atoms with Crippen molar-refractivity contribution in [2.45, 2.75) is 41.0 Å². The molecule has 0 saturated heterocycles. The van der Waals surface area contributed by atoms with Crippen LogP contribution in [0.2, 0.25) is 0 Å². The van der Waals surface area contributed by atoms with E-state index < -0.39 is 0 Å². The van der Waals surface area contributed by atoms with Crippen LogP contribution in [-0.4, -0.2) is 0 Å². The maximum Gasteiger partial charge on any atom is -0.0313 e. The second-order valence-electron chi connectivity index (χ2n) is 1.61. The Morgan fingerprint density at radius 1 is 1.17 bits per heavy atom. The fourth-order valence-electron chi connectivity index (χ4n) is 0.322. The number of allylic oxidation sites excluding steroid dienone is 4.